The zero-order valence-corrected chi connectivity index (χ0v) is 18.0. The number of urea groups is 1. The second-order valence-electron chi connectivity index (χ2n) is 8.74. The SMILES string of the molecule is Cc1n[nH]c(C)c1C1CCCCCN1C(=O)Nc1cc(C)n(C2CCCCC2)n1. The molecule has 0 spiro atoms. The van der Waals surface area contributed by atoms with Crippen LogP contribution in [0.15, 0.2) is 6.07 Å². The maximum Gasteiger partial charge on any atom is 0.323 e. The number of likely N-dealkylation sites (tertiary alicyclic amines) is 1. The van der Waals surface area contributed by atoms with Crippen LogP contribution in [-0.4, -0.2) is 37.5 Å². The average Bonchev–Trinajstić information content (AvgIpc) is 3.13. The quantitative estimate of drug-likeness (QED) is 0.747. The summed E-state index contributed by atoms with van der Waals surface area (Å²) in [5.41, 5.74) is 4.35. The molecule has 2 fully saturated rings. The van der Waals surface area contributed by atoms with E-state index in [4.69, 9.17) is 5.10 Å². The molecule has 1 unspecified atom stereocenters. The topological polar surface area (TPSA) is 78.8 Å². The van der Waals surface area contributed by atoms with E-state index in [-0.39, 0.29) is 12.1 Å². The Labute approximate surface area is 173 Å². The predicted octanol–water partition coefficient (Wildman–Crippen LogP) is 5.19. The fourth-order valence-electron chi connectivity index (χ4n) is 5.13. The number of aryl methyl sites for hydroxylation is 3. The van der Waals surface area contributed by atoms with Gasteiger partial charge in [0.2, 0.25) is 0 Å². The van der Waals surface area contributed by atoms with Gasteiger partial charge in [0.05, 0.1) is 17.8 Å². The molecule has 0 radical (unpaired) electrons. The summed E-state index contributed by atoms with van der Waals surface area (Å²) in [5.74, 6) is 0.668. The minimum atomic E-state index is -0.0507. The highest BCUT2D eigenvalue weighted by molar-refractivity contribution is 5.88. The molecule has 2 aromatic heterocycles. The molecule has 1 aliphatic carbocycles. The van der Waals surface area contributed by atoms with Crippen LogP contribution in [-0.2, 0) is 0 Å². The van der Waals surface area contributed by atoms with Gasteiger partial charge in [-0.1, -0.05) is 32.1 Å². The minimum Gasteiger partial charge on any atom is -0.317 e. The second-order valence-corrected chi connectivity index (χ2v) is 8.74. The number of nitrogens with one attached hydrogen (secondary N) is 2. The first-order valence-corrected chi connectivity index (χ1v) is 11.2. The van der Waals surface area contributed by atoms with Crippen molar-refractivity contribution < 1.29 is 4.79 Å². The van der Waals surface area contributed by atoms with Crippen LogP contribution >= 0.6 is 0 Å². The van der Waals surface area contributed by atoms with Crippen LogP contribution in [0, 0.1) is 20.8 Å². The molecule has 1 saturated carbocycles. The highest BCUT2D eigenvalue weighted by Crippen LogP contribution is 2.34. The zero-order valence-electron chi connectivity index (χ0n) is 18.0. The van der Waals surface area contributed by atoms with Gasteiger partial charge >= 0.3 is 6.03 Å². The smallest absolute Gasteiger partial charge is 0.317 e. The van der Waals surface area contributed by atoms with E-state index >= 15 is 0 Å². The summed E-state index contributed by atoms with van der Waals surface area (Å²) in [7, 11) is 0. The number of hydrogen-bond acceptors (Lipinski definition) is 3. The molecule has 1 atom stereocenters. The maximum absolute atomic E-state index is 13.3. The molecule has 1 aliphatic heterocycles. The molecule has 7 heteroatoms. The lowest BCUT2D eigenvalue weighted by molar-refractivity contribution is 0.189. The third-order valence-electron chi connectivity index (χ3n) is 6.61. The van der Waals surface area contributed by atoms with Crippen molar-refractivity contribution in [2.24, 2.45) is 0 Å². The third kappa shape index (κ3) is 4.19. The van der Waals surface area contributed by atoms with E-state index in [0.717, 1.165) is 49.3 Å². The van der Waals surface area contributed by atoms with Crippen LogP contribution in [0.5, 0.6) is 0 Å². The largest absolute Gasteiger partial charge is 0.323 e. The lowest BCUT2D eigenvalue weighted by Crippen LogP contribution is -2.38. The Hall–Kier alpha value is -2.31. The number of carbonyl (C=O) groups is 1. The second kappa shape index (κ2) is 8.59. The van der Waals surface area contributed by atoms with E-state index in [2.05, 4.69) is 27.1 Å². The normalized spacial score (nSPS) is 21.2. The number of nitrogens with zero attached hydrogens (tertiary/aromatic N) is 4. The predicted molar refractivity (Wildman–Crippen MR) is 114 cm³/mol. The Bertz CT molecular complexity index is 828. The van der Waals surface area contributed by atoms with Gasteiger partial charge in [0, 0.05) is 29.6 Å². The van der Waals surface area contributed by atoms with Gasteiger partial charge in [0.1, 0.15) is 0 Å². The fourth-order valence-corrected chi connectivity index (χ4v) is 5.13. The van der Waals surface area contributed by atoms with Gasteiger partial charge < -0.3 is 4.90 Å². The lowest BCUT2D eigenvalue weighted by atomic mass is 9.95. The van der Waals surface area contributed by atoms with Crippen molar-refractivity contribution in [1.82, 2.24) is 24.9 Å². The number of carbonyl (C=O) groups excluding carboxylic acids is 1. The van der Waals surface area contributed by atoms with Gasteiger partial charge in [-0.2, -0.15) is 10.2 Å². The van der Waals surface area contributed by atoms with Gasteiger partial charge in [-0.15, -0.1) is 0 Å². The van der Waals surface area contributed by atoms with E-state index < -0.39 is 0 Å². The van der Waals surface area contributed by atoms with Crippen molar-refractivity contribution in [1.29, 1.82) is 0 Å². The molecule has 29 heavy (non-hydrogen) atoms. The number of anilines is 1. The van der Waals surface area contributed by atoms with E-state index in [1.54, 1.807) is 0 Å². The third-order valence-corrected chi connectivity index (χ3v) is 6.61. The molecular weight excluding hydrogens is 364 g/mol. The van der Waals surface area contributed by atoms with Crippen molar-refractivity contribution in [2.75, 3.05) is 11.9 Å². The molecule has 158 valence electrons. The van der Waals surface area contributed by atoms with E-state index in [9.17, 15) is 4.79 Å². The first-order chi connectivity index (χ1) is 14.0. The standard InChI is InChI=1S/C22H34N6O/c1-15-14-20(26-28(15)18-10-6-4-7-11-18)23-22(29)27-13-9-5-8-12-19(27)21-16(2)24-25-17(21)3/h14,18-19H,4-13H2,1-3H3,(H,24,25)(H,23,26,29). The highest BCUT2D eigenvalue weighted by Gasteiger charge is 2.30. The van der Waals surface area contributed by atoms with Crippen LogP contribution in [0.2, 0.25) is 0 Å². The van der Waals surface area contributed by atoms with Crippen molar-refractivity contribution in [2.45, 2.75) is 90.6 Å². The molecule has 2 amide bonds. The van der Waals surface area contributed by atoms with Gasteiger partial charge in [-0.05, 0) is 46.5 Å². The lowest BCUT2D eigenvalue weighted by Gasteiger charge is -2.30. The Kier molecular flexibility index (Phi) is 5.92. The molecule has 2 aromatic rings. The number of rotatable bonds is 3. The number of hydrogen-bond donors (Lipinski definition) is 2. The van der Waals surface area contributed by atoms with Gasteiger partial charge in [-0.25, -0.2) is 4.79 Å². The molecule has 1 saturated heterocycles. The van der Waals surface area contributed by atoms with Crippen molar-refractivity contribution in [3.63, 3.8) is 0 Å². The average molecular weight is 399 g/mol. The Morgan fingerprint density at radius 3 is 2.52 bits per heavy atom. The Morgan fingerprint density at radius 2 is 1.79 bits per heavy atom. The Morgan fingerprint density at radius 1 is 1.07 bits per heavy atom. The van der Waals surface area contributed by atoms with E-state index in [1.807, 2.05) is 24.8 Å². The van der Waals surface area contributed by atoms with Crippen molar-refractivity contribution in [3.05, 3.63) is 28.7 Å². The van der Waals surface area contributed by atoms with Crippen LogP contribution in [0.3, 0.4) is 0 Å². The maximum atomic E-state index is 13.3. The van der Waals surface area contributed by atoms with Gasteiger partial charge in [0.25, 0.3) is 0 Å². The first-order valence-electron chi connectivity index (χ1n) is 11.2. The fraction of sp³-hybridized carbons (Fsp3) is 0.682. The van der Waals surface area contributed by atoms with Crippen LogP contribution in [0.4, 0.5) is 10.6 Å². The summed E-state index contributed by atoms with van der Waals surface area (Å²) in [6, 6.07) is 2.49. The van der Waals surface area contributed by atoms with Gasteiger partial charge in [0.15, 0.2) is 5.82 Å². The van der Waals surface area contributed by atoms with Gasteiger partial charge in [-0.3, -0.25) is 15.1 Å². The van der Waals surface area contributed by atoms with Crippen molar-refractivity contribution >= 4 is 11.8 Å². The molecule has 0 bridgehead atoms. The van der Waals surface area contributed by atoms with Crippen LogP contribution in [0.1, 0.15) is 92.5 Å². The first kappa shape index (κ1) is 20.0. The summed E-state index contributed by atoms with van der Waals surface area (Å²) >= 11 is 0. The molecule has 0 aromatic carbocycles. The Balaban J connectivity index is 1.53. The molecule has 7 nitrogen and oxygen atoms in total. The molecule has 2 aliphatic rings. The summed E-state index contributed by atoms with van der Waals surface area (Å²) in [4.78, 5) is 15.3. The highest BCUT2D eigenvalue weighted by atomic mass is 16.2. The molecular formula is C22H34N6O. The summed E-state index contributed by atoms with van der Waals surface area (Å²) < 4.78 is 2.12. The summed E-state index contributed by atoms with van der Waals surface area (Å²) in [5, 5.41) is 15.3. The number of aromatic amines is 1. The summed E-state index contributed by atoms with van der Waals surface area (Å²) in [6.07, 6.45) is 10.5. The van der Waals surface area contributed by atoms with E-state index in [1.165, 1.54) is 37.7 Å². The minimum absolute atomic E-state index is 0.0507. The van der Waals surface area contributed by atoms with E-state index in [0.29, 0.717) is 11.9 Å². The molecule has 3 heterocycles. The number of H-pyrrole nitrogens is 1. The molecule has 2 N–H and O–H groups in total. The number of amides is 2. The van der Waals surface area contributed by atoms with Crippen molar-refractivity contribution in [3.8, 4) is 0 Å². The van der Waals surface area contributed by atoms with Crippen LogP contribution < -0.4 is 5.32 Å². The number of aromatic nitrogens is 4. The monoisotopic (exact) mass is 398 g/mol. The zero-order chi connectivity index (χ0) is 20.4. The molecule has 4 rings (SSSR count). The summed E-state index contributed by atoms with van der Waals surface area (Å²) in [6.45, 7) is 6.92. The van der Waals surface area contributed by atoms with Crippen LogP contribution in [0.25, 0.3) is 0 Å².